The Hall–Kier alpha value is -2.97. The van der Waals surface area contributed by atoms with Crippen LogP contribution < -0.4 is 11.4 Å². The van der Waals surface area contributed by atoms with Crippen molar-refractivity contribution < 1.29 is 4.92 Å². The molecule has 9 nitrogen and oxygen atoms in total. The summed E-state index contributed by atoms with van der Waals surface area (Å²) in [4.78, 5) is 35.5. The summed E-state index contributed by atoms with van der Waals surface area (Å²) < 4.78 is 0.784. The predicted octanol–water partition coefficient (Wildman–Crippen LogP) is -0.228. The van der Waals surface area contributed by atoms with Gasteiger partial charge in [0.05, 0.1) is 15.8 Å². The lowest BCUT2D eigenvalue weighted by molar-refractivity contribution is -0.384. The molecule has 0 saturated carbocycles. The van der Waals surface area contributed by atoms with E-state index in [0.29, 0.717) is 10.9 Å². The molecule has 0 saturated heterocycles. The minimum atomic E-state index is -0.695. The van der Waals surface area contributed by atoms with Crippen molar-refractivity contribution in [2.24, 2.45) is 0 Å². The molecule has 0 fully saturated rings. The minimum absolute atomic E-state index is 0.0578. The molecule has 0 atom stereocenters. The van der Waals surface area contributed by atoms with Crippen molar-refractivity contribution in [1.29, 1.82) is 0 Å². The molecule has 2 N–H and O–H groups in total. The third kappa shape index (κ3) is 1.24. The van der Waals surface area contributed by atoms with E-state index in [0.717, 1.165) is 4.40 Å². The number of aromatic nitrogens is 4. The van der Waals surface area contributed by atoms with E-state index in [1.807, 2.05) is 0 Å². The maximum atomic E-state index is 11.6. The Balaban J connectivity index is 2.58. The molecule has 2 heterocycles. The second kappa shape index (κ2) is 3.26. The van der Waals surface area contributed by atoms with Crippen molar-refractivity contribution in [2.45, 2.75) is 0 Å². The predicted molar refractivity (Wildman–Crippen MR) is 60.6 cm³/mol. The van der Waals surface area contributed by atoms with E-state index in [9.17, 15) is 19.7 Å². The molecule has 0 radical (unpaired) electrons. The first-order valence-electron chi connectivity index (χ1n) is 4.85. The average molecular weight is 247 g/mol. The Morgan fingerprint density at radius 2 is 2.06 bits per heavy atom. The molecule has 0 bridgehead atoms. The Bertz CT molecular complexity index is 903. The van der Waals surface area contributed by atoms with Crippen molar-refractivity contribution >= 4 is 22.2 Å². The Labute approximate surface area is 96.8 Å². The molecule has 0 unspecified atom stereocenters. The largest absolute Gasteiger partial charge is 0.351 e. The molecular weight excluding hydrogens is 242 g/mol. The number of H-pyrrole nitrogens is 2. The first-order chi connectivity index (χ1) is 8.58. The minimum Gasteiger partial charge on any atom is -0.306 e. The zero-order valence-corrected chi connectivity index (χ0v) is 8.71. The van der Waals surface area contributed by atoms with Gasteiger partial charge in [-0.3, -0.25) is 10.1 Å². The number of benzene rings is 1. The van der Waals surface area contributed by atoms with Crippen LogP contribution in [-0.2, 0) is 0 Å². The lowest BCUT2D eigenvalue weighted by atomic mass is 10.2. The van der Waals surface area contributed by atoms with Crippen LogP contribution >= 0.6 is 0 Å². The summed E-state index contributed by atoms with van der Waals surface area (Å²) in [6.45, 7) is 0. The molecule has 0 aliphatic carbocycles. The van der Waals surface area contributed by atoms with E-state index in [2.05, 4.69) is 15.2 Å². The molecule has 0 spiro atoms. The van der Waals surface area contributed by atoms with E-state index < -0.39 is 16.3 Å². The maximum Gasteiger partial charge on any atom is 0.351 e. The summed E-state index contributed by atoms with van der Waals surface area (Å²) in [5.74, 6) is 0. The first kappa shape index (κ1) is 10.2. The summed E-state index contributed by atoms with van der Waals surface area (Å²) in [7, 11) is 0. The summed E-state index contributed by atoms with van der Waals surface area (Å²) >= 11 is 0. The van der Waals surface area contributed by atoms with Gasteiger partial charge in [0.15, 0.2) is 5.65 Å². The van der Waals surface area contributed by atoms with Gasteiger partial charge in [0, 0.05) is 12.1 Å². The summed E-state index contributed by atoms with van der Waals surface area (Å²) in [6.07, 6.45) is 0. The molecule has 1 aromatic carbocycles. The molecule has 90 valence electrons. The molecule has 0 amide bonds. The highest BCUT2D eigenvalue weighted by Gasteiger charge is 2.13. The fourth-order valence-electron chi connectivity index (χ4n) is 1.78. The van der Waals surface area contributed by atoms with E-state index in [-0.39, 0.29) is 11.3 Å². The van der Waals surface area contributed by atoms with Gasteiger partial charge in [-0.1, -0.05) is 0 Å². The Morgan fingerprint density at radius 1 is 1.28 bits per heavy atom. The monoisotopic (exact) mass is 247 g/mol. The van der Waals surface area contributed by atoms with Crippen LogP contribution in [0.5, 0.6) is 0 Å². The number of rotatable bonds is 1. The normalized spacial score (nSPS) is 11.1. The van der Waals surface area contributed by atoms with Crippen molar-refractivity contribution in [3.8, 4) is 0 Å². The van der Waals surface area contributed by atoms with Gasteiger partial charge in [0.25, 0.3) is 5.69 Å². The van der Waals surface area contributed by atoms with Gasteiger partial charge in [-0.05, 0) is 6.07 Å². The van der Waals surface area contributed by atoms with Gasteiger partial charge in [0.1, 0.15) is 0 Å². The number of hydrogen-bond donors (Lipinski definition) is 2. The fraction of sp³-hybridized carbons (Fsp3) is 0. The van der Waals surface area contributed by atoms with Crippen molar-refractivity contribution in [3.63, 3.8) is 0 Å². The van der Waals surface area contributed by atoms with Crippen LogP contribution in [0.15, 0.2) is 27.8 Å². The van der Waals surface area contributed by atoms with Crippen molar-refractivity contribution in [2.75, 3.05) is 0 Å². The van der Waals surface area contributed by atoms with Crippen molar-refractivity contribution in [1.82, 2.24) is 19.6 Å². The smallest absolute Gasteiger partial charge is 0.306 e. The number of nitro groups is 1. The number of non-ortho nitro benzene ring substituents is 1. The second-order valence-electron chi connectivity index (χ2n) is 3.60. The van der Waals surface area contributed by atoms with Crippen molar-refractivity contribution in [3.05, 3.63) is 49.3 Å². The second-order valence-corrected chi connectivity index (χ2v) is 3.60. The molecule has 9 heteroatoms. The lowest BCUT2D eigenvalue weighted by Crippen LogP contribution is -2.25. The number of hydrogen-bond acceptors (Lipinski definition) is 5. The van der Waals surface area contributed by atoms with Crippen LogP contribution in [0.25, 0.3) is 16.6 Å². The zero-order chi connectivity index (χ0) is 12.9. The van der Waals surface area contributed by atoms with Gasteiger partial charge in [-0.2, -0.15) is 9.50 Å². The van der Waals surface area contributed by atoms with Crippen LogP contribution in [0.3, 0.4) is 0 Å². The number of nitro benzene ring substituents is 1. The third-order valence-electron chi connectivity index (χ3n) is 2.57. The van der Waals surface area contributed by atoms with Gasteiger partial charge in [-0.25, -0.2) is 14.7 Å². The number of fused-ring (bicyclic) bond motifs is 3. The van der Waals surface area contributed by atoms with Crippen LogP contribution in [0.1, 0.15) is 0 Å². The zero-order valence-electron chi connectivity index (χ0n) is 8.71. The van der Waals surface area contributed by atoms with Crippen LogP contribution in [0, 0.1) is 10.1 Å². The highest BCUT2D eigenvalue weighted by Crippen LogP contribution is 2.20. The number of nitrogens with one attached hydrogen (secondary N) is 2. The highest BCUT2D eigenvalue weighted by atomic mass is 16.6. The van der Waals surface area contributed by atoms with E-state index in [1.54, 1.807) is 0 Å². The number of aromatic amines is 2. The topological polar surface area (TPSA) is 126 Å². The lowest BCUT2D eigenvalue weighted by Gasteiger charge is -1.98. The van der Waals surface area contributed by atoms with Crippen LogP contribution in [0.4, 0.5) is 5.69 Å². The van der Waals surface area contributed by atoms with Crippen LogP contribution in [-0.4, -0.2) is 24.5 Å². The maximum absolute atomic E-state index is 11.6. The Morgan fingerprint density at radius 3 is 2.78 bits per heavy atom. The van der Waals surface area contributed by atoms with Gasteiger partial charge < -0.3 is 4.98 Å². The molecule has 2 aromatic heterocycles. The van der Waals surface area contributed by atoms with Crippen LogP contribution in [0.2, 0.25) is 0 Å². The average Bonchev–Trinajstić information content (AvgIpc) is 2.72. The molecule has 3 rings (SSSR count). The summed E-state index contributed by atoms with van der Waals surface area (Å²) in [6, 6.07) is 3.91. The Kier molecular flexibility index (Phi) is 1.85. The molecule has 0 aliphatic heterocycles. The fourth-order valence-corrected chi connectivity index (χ4v) is 1.78. The van der Waals surface area contributed by atoms with E-state index in [1.165, 1.54) is 18.2 Å². The number of nitrogens with zero attached hydrogens (tertiary/aromatic N) is 3. The molecule has 18 heavy (non-hydrogen) atoms. The quantitative estimate of drug-likeness (QED) is 0.453. The van der Waals surface area contributed by atoms with Gasteiger partial charge in [-0.15, -0.1) is 0 Å². The summed E-state index contributed by atoms with van der Waals surface area (Å²) in [5, 5.41) is 16.8. The molecular formula is C9H5N5O4. The van der Waals surface area contributed by atoms with Gasteiger partial charge in [0.2, 0.25) is 0 Å². The SMILES string of the molecule is O=c1[nH]nc2c3cc([N+](=O)[O-])ccc3[nH]c(=O)n12. The molecule has 3 aromatic rings. The highest BCUT2D eigenvalue weighted by molar-refractivity contribution is 5.92. The van der Waals surface area contributed by atoms with E-state index in [4.69, 9.17) is 0 Å². The first-order valence-corrected chi connectivity index (χ1v) is 4.85. The van der Waals surface area contributed by atoms with E-state index >= 15 is 0 Å². The van der Waals surface area contributed by atoms with Gasteiger partial charge >= 0.3 is 11.4 Å². The standard InChI is InChI=1S/C9H5N5O4/c15-8-10-6-2-1-4(14(17)18)3-5(6)7-11-12-9(16)13(7)8/h1-3H,(H,10,15)(H,12,16). The molecule has 0 aliphatic rings. The summed E-state index contributed by atoms with van der Waals surface area (Å²) in [5.41, 5.74) is -1.06. The third-order valence-corrected chi connectivity index (χ3v) is 2.57.